The summed E-state index contributed by atoms with van der Waals surface area (Å²) in [6.07, 6.45) is 1.72. The minimum atomic E-state index is 0.832. The van der Waals surface area contributed by atoms with Crippen molar-refractivity contribution >= 4 is 28.0 Å². The number of benzene rings is 4. The van der Waals surface area contributed by atoms with Gasteiger partial charge >= 0.3 is 0 Å². The Kier molecular flexibility index (Phi) is 5.50. The van der Waals surface area contributed by atoms with Crippen LogP contribution in [-0.2, 0) is 12.8 Å². The molecule has 0 saturated heterocycles. The molecular weight excluding hydrogens is 392 g/mol. The molecule has 0 unspecified atom stereocenters. The number of aromatic amines is 1. The van der Waals surface area contributed by atoms with Gasteiger partial charge in [0.25, 0.3) is 0 Å². The summed E-state index contributed by atoms with van der Waals surface area (Å²) in [7, 11) is 0. The number of hydrogen-bond acceptors (Lipinski definition) is 3. The van der Waals surface area contributed by atoms with Crippen molar-refractivity contribution in [2.75, 3.05) is 5.73 Å². The van der Waals surface area contributed by atoms with Crippen LogP contribution in [0.4, 0.5) is 17.1 Å². The van der Waals surface area contributed by atoms with Gasteiger partial charge in [-0.3, -0.25) is 0 Å². The molecule has 4 heteroatoms. The van der Waals surface area contributed by atoms with Crippen molar-refractivity contribution in [1.82, 2.24) is 4.98 Å². The maximum Gasteiger partial charge on any atom is 0.0950 e. The van der Waals surface area contributed by atoms with Crippen molar-refractivity contribution < 1.29 is 0 Å². The molecule has 1 heterocycles. The van der Waals surface area contributed by atoms with Crippen LogP contribution in [0.5, 0.6) is 0 Å². The molecule has 0 bridgehead atoms. The van der Waals surface area contributed by atoms with Gasteiger partial charge in [-0.25, -0.2) is 0 Å². The first-order valence-corrected chi connectivity index (χ1v) is 10.8. The first-order chi connectivity index (χ1) is 15.8. The van der Waals surface area contributed by atoms with Crippen molar-refractivity contribution in [1.29, 1.82) is 0 Å². The molecule has 3 N–H and O–H groups in total. The normalized spacial score (nSPS) is 11.4. The van der Waals surface area contributed by atoms with Gasteiger partial charge in [0.2, 0.25) is 0 Å². The molecule has 5 aromatic rings. The first kappa shape index (κ1) is 19.8. The van der Waals surface area contributed by atoms with Crippen LogP contribution >= 0.6 is 0 Å². The third-order valence-corrected chi connectivity index (χ3v) is 5.70. The summed E-state index contributed by atoms with van der Waals surface area (Å²) < 4.78 is 0. The van der Waals surface area contributed by atoms with Gasteiger partial charge in [0.05, 0.1) is 11.4 Å². The number of azo groups is 1. The van der Waals surface area contributed by atoms with Crippen LogP contribution in [0.1, 0.15) is 11.1 Å². The highest BCUT2D eigenvalue weighted by atomic mass is 15.1. The van der Waals surface area contributed by atoms with E-state index in [1.807, 2.05) is 66.7 Å². The van der Waals surface area contributed by atoms with Crippen LogP contribution in [-0.4, -0.2) is 4.98 Å². The molecule has 156 valence electrons. The molecule has 0 atom stereocenters. The van der Waals surface area contributed by atoms with Crippen molar-refractivity contribution in [3.05, 3.63) is 114 Å². The van der Waals surface area contributed by atoms with E-state index in [0.717, 1.165) is 57.8 Å². The summed E-state index contributed by atoms with van der Waals surface area (Å²) in [5.41, 5.74) is 14.1. The van der Waals surface area contributed by atoms with Gasteiger partial charge in [0, 0.05) is 27.8 Å². The number of nitrogens with two attached hydrogens (primary N) is 1. The van der Waals surface area contributed by atoms with Crippen molar-refractivity contribution in [2.24, 2.45) is 10.2 Å². The second-order valence-corrected chi connectivity index (χ2v) is 7.81. The Labute approximate surface area is 187 Å². The van der Waals surface area contributed by atoms with E-state index in [1.165, 1.54) is 5.39 Å². The number of H-pyrrole nitrogens is 1. The summed E-state index contributed by atoms with van der Waals surface area (Å²) in [6, 6.07) is 34.7. The molecule has 0 amide bonds. The van der Waals surface area contributed by atoms with Gasteiger partial charge in [-0.2, -0.15) is 5.11 Å². The average molecular weight is 417 g/mol. The summed E-state index contributed by atoms with van der Waals surface area (Å²) in [5.74, 6) is 0. The van der Waals surface area contributed by atoms with Crippen molar-refractivity contribution in [3.8, 4) is 11.3 Å². The maximum atomic E-state index is 6.11. The lowest BCUT2D eigenvalue weighted by molar-refractivity contribution is 0.958. The molecule has 0 aliphatic heterocycles. The molecule has 4 aromatic carbocycles. The first-order valence-electron chi connectivity index (χ1n) is 10.8. The van der Waals surface area contributed by atoms with E-state index in [9.17, 15) is 0 Å². The monoisotopic (exact) mass is 416 g/mol. The van der Waals surface area contributed by atoms with E-state index in [-0.39, 0.29) is 0 Å². The number of nitrogen functional groups attached to an aromatic ring is 1. The number of fused-ring (bicyclic) bond motifs is 1. The van der Waals surface area contributed by atoms with E-state index >= 15 is 0 Å². The van der Waals surface area contributed by atoms with Gasteiger partial charge in [0.1, 0.15) is 0 Å². The molecule has 0 spiro atoms. The smallest absolute Gasteiger partial charge is 0.0950 e. The van der Waals surface area contributed by atoms with Crippen molar-refractivity contribution in [3.63, 3.8) is 0 Å². The lowest BCUT2D eigenvalue weighted by atomic mass is 10.0. The van der Waals surface area contributed by atoms with E-state index < -0.39 is 0 Å². The van der Waals surface area contributed by atoms with E-state index in [1.54, 1.807) is 0 Å². The Bertz CT molecular complexity index is 1360. The van der Waals surface area contributed by atoms with E-state index in [2.05, 4.69) is 51.6 Å². The van der Waals surface area contributed by atoms with Gasteiger partial charge in [-0.05, 0) is 54.3 Å². The van der Waals surface area contributed by atoms with Gasteiger partial charge < -0.3 is 10.7 Å². The van der Waals surface area contributed by atoms with E-state index in [0.29, 0.717) is 0 Å². The zero-order chi connectivity index (χ0) is 21.8. The Morgan fingerprint density at radius 2 is 1.25 bits per heavy atom. The molecule has 0 aliphatic rings. The second-order valence-electron chi connectivity index (χ2n) is 7.81. The molecule has 32 heavy (non-hydrogen) atoms. The quantitative estimate of drug-likeness (QED) is 0.217. The predicted octanol–water partition coefficient (Wildman–Crippen LogP) is 7.62. The molecule has 0 aliphatic carbocycles. The highest BCUT2D eigenvalue weighted by molar-refractivity contribution is 5.88. The van der Waals surface area contributed by atoms with E-state index in [4.69, 9.17) is 5.73 Å². The topological polar surface area (TPSA) is 66.5 Å². The largest absolute Gasteiger partial charge is 0.399 e. The number of nitrogens with one attached hydrogen (secondary N) is 1. The fourth-order valence-corrected chi connectivity index (χ4v) is 3.97. The fourth-order valence-electron chi connectivity index (χ4n) is 3.97. The number of nitrogens with zero attached hydrogens (tertiary/aromatic N) is 2. The van der Waals surface area contributed by atoms with Crippen LogP contribution in [0.15, 0.2) is 113 Å². The number of rotatable bonds is 6. The van der Waals surface area contributed by atoms with Gasteiger partial charge in [-0.1, -0.05) is 72.8 Å². The van der Waals surface area contributed by atoms with Crippen LogP contribution in [0, 0.1) is 0 Å². The lowest BCUT2D eigenvalue weighted by Gasteiger charge is -2.08. The molecule has 1 aromatic heterocycles. The number of para-hydroxylation sites is 2. The number of aromatic nitrogens is 1. The number of hydrogen-bond donors (Lipinski definition) is 2. The zero-order valence-electron chi connectivity index (χ0n) is 17.7. The summed E-state index contributed by atoms with van der Waals surface area (Å²) in [5, 5.41) is 10.4. The fraction of sp³-hybridized carbons (Fsp3) is 0.0714. The molecule has 0 saturated carbocycles. The highest BCUT2D eigenvalue weighted by Gasteiger charge is 2.08. The third kappa shape index (κ3) is 4.16. The predicted molar refractivity (Wildman–Crippen MR) is 133 cm³/mol. The van der Waals surface area contributed by atoms with Gasteiger partial charge in [-0.15, -0.1) is 5.11 Å². The maximum absolute atomic E-state index is 6.11. The lowest BCUT2D eigenvalue weighted by Crippen LogP contribution is -1.97. The number of aryl methyl sites for hydroxylation is 2. The Morgan fingerprint density at radius 1 is 0.625 bits per heavy atom. The summed E-state index contributed by atoms with van der Waals surface area (Å²) in [4.78, 5) is 3.49. The standard InChI is InChI=1S/C28H24N4/c29-24-13-5-1-9-20(24)17-18-21-10-2-7-15-26(21)31-32-27-16-8-4-12-23(27)28-19-22-11-3-6-14-25(22)30-28/h1-16,19,30H,17-18,29H2. The molecule has 4 nitrogen and oxygen atoms in total. The Hall–Kier alpha value is -4.18. The zero-order valence-corrected chi connectivity index (χ0v) is 17.7. The van der Waals surface area contributed by atoms with Crippen LogP contribution in [0.2, 0.25) is 0 Å². The Balaban J connectivity index is 1.42. The van der Waals surface area contributed by atoms with Crippen LogP contribution in [0.25, 0.3) is 22.2 Å². The van der Waals surface area contributed by atoms with Crippen molar-refractivity contribution in [2.45, 2.75) is 12.8 Å². The second kappa shape index (κ2) is 8.90. The van der Waals surface area contributed by atoms with Gasteiger partial charge in [0.15, 0.2) is 0 Å². The number of anilines is 1. The SMILES string of the molecule is Nc1ccccc1CCc1ccccc1N=Nc1ccccc1-c1cc2ccccc2[nH]1. The van der Waals surface area contributed by atoms with Crippen LogP contribution < -0.4 is 5.73 Å². The minimum Gasteiger partial charge on any atom is -0.399 e. The molecule has 0 radical (unpaired) electrons. The average Bonchev–Trinajstić information content (AvgIpc) is 3.27. The molecule has 0 fully saturated rings. The highest BCUT2D eigenvalue weighted by Crippen LogP contribution is 2.33. The minimum absolute atomic E-state index is 0.832. The molecule has 5 rings (SSSR count). The third-order valence-electron chi connectivity index (χ3n) is 5.70. The Morgan fingerprint density at radius 3 is 2.09 bits per heavy atom. The molecular formula is C28H24N4. The summed E-state index contributed by atoms with van der Waals surface area (Å²) in [6.45, 7) is 0. The van der Waals surface area contributed by atoms with Crippen LogP contribution in [0.3, 0.4) is 0 Å². The summed E-state index contributed by atoms with van der Waals surface area (Å²) >= 11 is 0.